The molecule has 114 valence electrons. The van der Waals surface area contributed by atoms with Crippen molar-refractivity contribution in [1.29, 1.82) is 0 Å². The molecule has 1 aliphatic rings. The van der Waals surface area contributed by atoms with Crippen LogP contribution in [0.4, 0.5) is 0 Å². The minimum Gasteiger partial charge on any atom is -0.343 e. The fourth-order valence-electron chi connectivity index (χ4n) is 2.46. The molecule has 0 aliphatic carbocycles. The highest BCUT2D eigenvalue weighted by Gasteiger charge is 2.40. The number of carbonyl (C=O) groups is 2. The van der Waals surface area contributed by atoms with Crippen LogP contribution in [0, 0.1) is 0 Å². The Balaban J connectivity index is 2.11. The lowest BCUT2D eigenvalue weighted by Crippen LogP contribution is -2.61. The predicted octanol–water partition coefficient (Wildman–Crippen LogP) is -0.262. The maximum atomic E-state index is 12.2. The number of likely N-dealkylation sites (N-methyl/N-ethyl adjacent to an activating group) is 1. The van der Waals surface area contributed by atoms with Gasteiger partial charge in [0.2, 0.25) is 5.91 Å². The van der Waals surface area contributed by atoms with E-state index in [9.17, 15) is 9.59 Å². The number of nitrogens with two attached hydrogens (primary N) is 1. The Morgan fingerprint density at radius 1 is 1.43 bits per heavy atom. The van der Waals surface area contributed by atoms with Gasteiger partial charge in [0.15, 0.2) is 0 Å². The van der Waals surface area contributed by atoms with Gasteiger partial charge in [0, 0.05) is 32.9 Å². The van der Waals surface area contributed by atoms with E-state index >= 15 is 0 Å². The molecule has 3 N–H and O–H groups in total. The standard InChI is InChI=1S/C14H21N5O2/c1-14(2)13(21)18(3)6-7-19(14)9-11-5-4-10(8-16-11)12(20)17-15/h4-5,8H,6-7,9,15H2,1-3H3,(H,17,20). The van der Waals surface area contributed by atoms with Gasteiger partial charge in [0.1, 0.15) is 0 Å². The zero-order valence-electron chi connectivity index (χ0n) is 12.6. The van der Waals surface area contributed by atoms with Crippen molar-refractivity contribution in [3.05, 3.63) is 29.6 Å². The first-order chi connectivity index (χ1) is 9.86. The summed E-state index contributed by atoms with van der Waals surface area (Å²) < 4.78 is 0. The summed E-state index contributed by atoms with van der Waals surface area (Å²) in [6.45, 7) is 5.90. The van der Waals surface area contributed by atoms with Crippen molar-refractivity contribution < 1.29 is 9.59 Å². The number of aromatic nitrogens is 1. The SMILES string of the molecule is CN1CCN(Cc2ccc(C(=O)NN)cn2)C(C)(C)C1=O. The van der Waals surface area contributed by atoms with Gasteiger partial charge in [-0.05, 0) is 26.0 Å². The fourth-order valence-corrected chi connectivity index (χ4v) is 2.46. The number of rotatable bonds is 3. The van der Waals surface area contributed by atoms with Crippen molar-refractivity contribution in [2.24, 2.45) is 5.84 Å². The zero-order chi connectivity index (χ0) is 15.6. The smallest absolute Gasteiger partial charge is 0.266 e. The van der Waals surface area contributed by atoms with Crippen molar-refractivity contribution in [2.75, 3.05) is 20.1 Å². The van der Waals surface area contributed by atoms with Gasteiger partial charge in [-0.25, -0.2) is 5.84 Å². The third kappa shape index (κ3) is 3.03. The van der Waals surface area contributed by atoms with Gasteiger partial charge in [-0.1, -0.05) is 0 Å². The van der Waals surface area contributed by atoms with Crippen LogP contribution in [0.25, 0.3) is 0 Å². The molecule has 0 bridgehead atoms. The number of pyridine rings is 1. The monoisotopic (exact) mass is 291 g/mol. The minimum absolute atomic E-state index is 0.105. The lowest BCUT2D eigenvalue weighted by Gasteiger charge is -2.44. The van der Waals surface area contributed by atoms with Crippen LogP contribution in [0.5, 0.6) is 0 Å². The first-order valence-electron chi connectivity index (χ1n) is 6.82. The van der Waals surface area contributed by atoms with Crippen molar-refractivity contribution in [2.45, 2.75) is 25.9 Å². The zero-order valence-corrected chi connectivity index (χ0v) is 12.6. The van der Waals surface area contributed by atoms with Crippen LogP contribution in [-0.2, 0) is 11.3 Å². The first-order valence-corrected chi connectivity index (χ1v) is 6.82. The number of hydrogen-bond donors (Lipinski definition) is 2. The summed E-state index contributed by atoms with van der Waals surface area (Å²) in [5, 5.41) is 0. The lowest BCUT2D eigenvalue weighted by molar-refractivity contribution is -0.147. The first kappa shape index (κ1) is 15.4. The third-order valence-corrected chi connectivity index (χ3v) is 3.94. The molecule has 0 atom stereocenters. The maximum absolute atomic E-state index is 12.2. The van der Waals surface area contributed by atoms with Crippen LogP contribution >= 0.6 is 0 Å². The fraction of sp³-hybridized carbons (Fsp3) is 0.500. The number of nitrogen functional groups attached to an aromatic ring is 1. The maximum Gasteiger partial charge on any atom is 0.266 e. The summed E-state index contributed by atoms with van der Waals surface area (Å²) >= 11 is 0. The Kier molecular flexibility index (Phi) is 4.24. The van der Waals surface area contributed by atoms with Gasteiger partial charge in [-0.15, -0.1) is 0 Å². The molecule has 0 spiro atoms. The van der Waals surface area contributed by atoms with Crippen LogP contribution < -0.4 is 11.3 Å². The van der Waals surface area contributed by atoms with E-state index in [0.29, 0.717) is 18.7 Å². The normalized spacial score (nSPS) is 18.7. The molecule has 2 heterocycles. The van der Waals surface area contributed by atoms with E-state index in [-0.39, 0.29) is 11.8 Å². The van der Waals surface area contributed by atoms with Gasteiger partial charge >= 0.3 is 0 Å². The van der Waals surface area contributed by atoms with Crippen LogP contribution in [0.3, 0.4) is 0 Å². The molecular weight excluding hydrogens is 270 g/mol. The van der Waals surface area contributed by atoms with Gasteiger partial charge in [-0.2, -0.15) is 0 Å². The molecule has 0 saturated carbocycles. The molecule has 7 nitrogen and oxygen atoms in total. The lowest BCUT2D eigenvalue weighted by atomic mass is 9.97. The number of carbonyl (C=O) groups excluding carboxylic acids is 2. The summed E-state index contributed by atoms with van der Waals surface area (Å²) in [6, 6.07) is 3.46. The minimum atomic E-state index is -0.554. The van der Waals surface area contributed by atoms with Crippen LogP contribution in [0.15, 0.2) is 18.3 Å². The number of amides is 2. The molecule has 1 aliphatic heterocycles. The van der Waals surface area contributed by atoms with Crippen molar-refractivity contribution in [1.82, 2.24) is 20.2 Å². The average molecular weight is 291 g/mol. The Morgan fingerprint density at radius 2 is 2.14 bits per heavy atom. The van der Waals surface area contributed by atoms with Crippen LogP contribution in [-0.4, -0.2) is 52.3 Å². The van der Waals surface area contributed by atoms with E-state index in [2.05, 4.69) is 15.3 Å². The average Bonchev–Trinajstić information content (AvgIpc) is 2.48. The van der Waals surface area contributed by atoms with Gasteiger partial charge < -0.3 is 4.90 Å². The van der Waals surface area contributed by atoms with E-state index in [4.69, 9.17) is 5.84 Å². The number of nitrogens with zero attached hydrogens (tertiary/aromatic N) is 3. The van der Waals surface area contributed by atoms with Crippen LogP contribution in [0.1, 0.15) is 29.9 Å². The summed E-state index contributed by atoms with van der Waals surface area (Å²) in [5.74, 6) is 4.81. The van der Waals surface area contributed by atoms with Gasteiger partial charge in [0.05, 0.1) is 16.8 Å². The largest absolute Gasteiger partial charge is 0.343 e. The molecule has 0 unspecified atom stereocenters. The predicted molar refractivity (Wildman–Crippen MR) is 78.0 cm³/mol. The molecule has 0 radical (unpaired) electrons. The van der Waals surface area contributed by atoms with Gasteiger partial charge in [-0.3, -0.25) is 24.9 Å². The quantitative estimate of drug-likeness (QED) is 0.455. The van der Waals surface area contributed by atoms with E-state index in [1.165, 1.54) is 6.20 Å². The number of piperazine rings is 1. The number of nitrogens with one attached hydrogen (secondary N) is 1. The molecule has 0 aromatic carbocycles. The second-order valence-corrected chi connectivity index (χ2v) is 5.72. The Hall–Kier alpha value is -1.99. The Morgan fingerprint density at radius 3 is 2.71 bits per heavy atom. The molecule has 1 aromatic heterocycles. The summed E-state index contributed by atoms with van der Waals surface area (Å²) in [7, 11) is 1.82. The molecule has 2 rings (SSSR count). The van der Waals surface area contributed by atoms with Crippen molar-refractivity contribution in [3.8, 4) is 0 Å². The number of hydrogen-bond acceptors (Lipinski definition) is 5. The second kappa shape index (κ2) is 5.79. The molecule has 21 heavy (non-hydrogen) atoms. The van der Waals surface area contributed by atoms with E-state index in [1.807, 2.05) is 20.9 Å². The molecule has 1 aromatic rings. The van der Waals surface area contributed by atoms with Crippen molar-refractivity contribution >= 4 is 11.8 Å². The molecular formula is C14H21N5O2. The topological polar surface area (TPSA) is 91.6 Å². The molecule has 1 saturated heterocycles. The van der Waals surface area contributed by atoms with E-state index in [0.717, 1.165) is 12.2 Å². The molecule has 7 heteroatoms. The summed E-state index contributed by atoms with van der Waals surface area (Å²) in [6.07, 6.45) is 1.49. The second-order valence-electron chi connectivity index (χ2n) is 5.72. The molecule has 1 fully saturated rings. The Bertz CT molecular complexity index is 541. The molecule has 2 amide bonds. The van der Waals surface area contributed by atoms with Gasteiger partial charge in [0.25, 0.3) is 5.91 Å². The highest BCUT2D eigenvalue weighted by atomic mass is 16.2. The number of hydrazine groups is 1. The van der Waals surface area contributed by atoms with Crippen LogP contribution in [0.2, 0.25) is 0 Å². The highest BCUT2D eigenvalue weighted by molar-refractivity contribution is 5.93. The summed E-state index contributed by atoms with van der Waals surface area (Å²) in [5.41, 5.74) is 2.74. The summed E-state index contributed by atoms with van der Waals surface area (Å²) in [4.78, 5) is 31.7. The van der Waals surface area contributed by atoms with E-state index < -0.39 is 5.54 Å². The highest BCUT2D eigenvalue weighted by Crippen LogP contribution is 2.23. The van der Waals surface area contributed by atoms with E-state index in [1.54, 1.807) is 17.0 Å². The third-order valence-electron chi connectivity index (χ3n) is 3.94. The van der Waals surface area contributed by atoms with Crippen molar-refractivity contribution in [3.63, 3.8) is 0 Å². The Labute approximate surface area is 124 Å².